The van der Waals surface area contributed by atoms with Crippen LogP contribution in [0.1, 0.15) is 17.3 Å². The summed E-state index contributed by atoms with van der Waals surface area (Å²) in [5, 5.41) is 10.8. The molecule has 1 N–H and O–H groups in total. The van der Waals surface area contributed by atoms with Crippen molar-refractivity contribution in [2.75, 3.05) is 6.61 Å². The van der Waals surface area contributed by atoms with E-state index in [2.05, 4.69) is 0 Å². The second-order valence-electron chi connectivity index (χ2n) is 4.71. The number of furan rings is 1. The van der Waals surface area contributed by atoms with E-state index in [-0.39, 0.29) is 56.6 Å². The topological polar surface area (TPSA) is 59.7 Å². The van der Waals surface area contributed by atoms with Crippen LogP contribution >= 0.6 is 11.6 Å². The number of rotatable bonds is 3. The van der Waals surface area contributed by atoms with Crippen LogP contribution in [0.4, 0.5) is 0 Å². The van der Waals surface area contributed by atoms with Gasteiger partial charge in [0, 0.05) is 16.0 Å². The van der Waals surface area contributed by atoms with Crippen LogP contribution in [0.15, 0.2) is 46.9 Å². The summed E-state index contributed by atoms with van der Waals surface area (Å²) in [6.45, 7) is 1.99. The second-order valence-corrected chi connectivity index (χ2v) is 5.15. The van der Waals surface area contributed by atoms with Crippen LogP contribution in [-0.2, 0) is 24.2 Å². The van der Waals surface area contributed by atoms with E-state index in [1.54, 1.807) is 37.3 Å². The normalized spacial score (nSPS) is 9.52. The molecule has 4 nitrogen and oxygen atoms in total. The van der Waals surface area contributed by atoms with Crippen LogP contribution in [0.3, 0.4) is 0 Å². The van der Waals surface area contributed by atoms with Crippen molar-refractivity contribution < 1.29 is 63.3 Å². The number of benzene rings is 2. The van der Waals surface area contributed by atoms with E-state index in [1.807, 2.05) is 0 Å². The van der Waals surface area contributed by atoms with Crippen LogP contribution in [0.2, 0.25) is 5.02 Å². The zero-order chi connectivity index (χ0) is 15.7. The number of aromatic hydroxyl groups is 1. The second kappa shape index (κ2) is 10.0. The maximum atomic E-state index is 12.3. The molecule has 0 saturated carbocycles. The quantitative estimate of drug-likeness (QED) is 0.394. The van der Waals surface area contributed by atoms with Gasteiger partial charge in [0.15, 0.2) is 0 Å². The summed E-state index contributed by atoms with van der Waals surface area (Å²) in [7, 11) is 0. The molecule has 0 atom stereocenters. The first kappa shape index (κ1) is 23.7. The van der Waals surface area contributed by atoms with E-state index in [0.29, 0.717) is 32.9 Å². The molecule has 1 heterocycles. The van der Waals surface area contributed by atoms with Crippen LogP contribution in [0.25, 0.3) is 22.3 Å². The van der Waals surface area contributed by atoms with Gasteiger partial charge in [-0.25, -0.2) is 4.79 Å². The van der Waals surface area contributed by atoms with Crippen molar-refractivity contribution in [2.45, 2.75) is 6.92 Å². The van der Waals surface area contributed by atoms with Crippen molar-refractivity contribution in [3.63, 3.8) is 0 Å². The Morgan fingerprint density at radius 2 is 1.80 bits per heavy atom. The van der Waals surface area contributed by atoms with Gasteiger partial charge < -0.3 is 39.1 Å². The molecule has 25 heavy (non-hydrogen) atoms. The number of phenolic OH excluding ortho intramolecular Hbond substituents is 1. The first-order chi connectivity index (χ1) is 10.6. The van der Waals surface area contributed by atoms with Gasteiger partial charge in [0.2, 0.25) is 0 Å². The average Bonchev–Trinajstić information content (AvgIpc) is 2.86. The third-order valence-electron chi connectivity index (χ3n) is 3.26. The van der Waals surface area contributed by atoms with Crippen LogP contribution < -0.4 is 24.8 Å². The SMILES string of the molecule is CCOC(=O)c1c(-c2ccc(Cl)cc2)oc2ccc(O)cc12.[Cl-].[Cl-].[Zn+2]. The van der Waals surface area contributed by atoms with E-state index in [0.717, 1.165) is 0 Å². The molecule has 0 amide bonds. The van der Waals surface area contributed by atoms with Crippen molar-refractivity contribution in [1.29, 1.82) is 0 Å². The number of carbonyl (C=O) groups is 1. The predicted octanol–water partition coefficient (Wildman–Crippen LogP) is -1.36. The molecule has 3 aromatic rings. The summed E-state index contributed by atoms with van der Waals surface area (Å²) < 4.78 is 10.9. The van der Waals surface area contributed by atoms with Crippen molar-refractivity contribution in [1.82, 2.24) is 0 Å². The predicted molar refractivity (Wildman–Crippen MR) is 84.3 cm³/mol. The molecule has 0 fully saturated rings. The Labute approximate surface area is 175 Å². The van der Waals surface area contributed by atoms with Gasteiger partial charge in [0.05, 0.1) is 6.61 Å². The molecule has 2 aromatic carbocycles. The van der Waals surface area contributed by atoms with Gasteiger partial charge in [-0.2, -0.15) is 0 Å². The number of fused-ring (bicyclic) bond motifs is 1. The van der Waals surface area contributed by atoms with E-state index in [4.69, 9.17) is 20.8 Å². The zero-order valence-corrected chi connectivity index (χ0v) is 18.5. The Kier molecular flexibility index (Phi) is 9.52. The molecule has 0 aliphatic heterocycles. The fraction of sp³-hybridized carbons (Fsp3) is 0.118. The molecule has 128 valence electrons. The minimum absolute atomic E-state index is 0. The smallest absolute Gasteiger partial charge is 1.00 e. The van der Waals surface area contributed by atoms with Gasteiger partial charge in [-0.1, -0.05) is 11.6 Å². The third-order valence-corrected chi connectivity index (χ3v) is 3.51. The van der Waals surface area contributed by atoms with E-state index in [9.17, 15) is 9.90 Å². The Morgan fingerprint density at radius 1 is 1.16 bits per heavy atom. The fourth-order valence-electron chi connectivity index (χ4n) is 2.30. The monoisotopic (exact) mass is 450 g/mol. The van der Waals surface area contributed by atoms with Gasteiger partial charge in [0.25, 0.3) is 0 Å². The van der Waals surface area contributed by atoms with Crippen molar-refractivity contribution in [3.8, 4) is 17.1 Å². The summed E-state index contributed by atoms with van der Waals surface area (Å²) in [4.78, 5) is 12.3. The molecule has 0 aliphatic rings. The molecule has 3 rings (SSSR count). The first-order valence-corrected chi connectivity index (χ1v) is 7.16. The van der Waals surface area contributed by atoms with E-state index >= 15 is 0 Å². The summed E-state index contributed by atoms with van der Waals surface area (Å²) >= 11 is 5.90. The number of esters is 1. The molecule has 0 unspecified atom stereocenters. The van der Waals surface area contributed by atoms with Gasteiger partial charge in [-0.15, -0.1) is 0 Å². The molecule has 8 heteroatoms. The number of ether oxygens (including phenoxy) is 1. The Balaban J connectivity index is 0.00000192. The zero-order valence-electron chi connectivity index (χ0n) is 13.3. The largest absolute Gasteiger partial charge is 2.00 e. The molecule has 1 aromatic heterocycles. The number of phenols is 1. The Bertz CT molecular complexity index is 847. The van der Waals surface area contributed by atoms with E-state index < -0.39 is 5.97 Å². The van der Waals surface area contributed by atoms with Crippen molar-refractivity contribution in [3.05, 3.63) is 53.1 Å². The van der Waals surface area contributed by atoms with Gasteiger partial charge in [-0.3, -0.25) is 0 Å². The van der Waals surface area contributed by atoms with Crippen molar-refractivity contribution in [2.24, 2.45) is 0 Å². The Hall–Kier alpha value is -1.26. The molecular formula is C17H13Cl3O4Zn. The minimum atomic E-state index is -0.489. The van der Waals surface area contributed by atoms with Gasteiger partial charge in [0.1, 0.15) is 22.7 Å². The first-order valence-electron chi connectivity index (χ1n) is 6.78. The summed E-state index contributed by atoms with van der Waals surface area (Å²) in [5.41, 5.74) is 1.52. The number of hydrogen-bond donors (Lipinski definition) is 1. The molecule has 0 saturated heterocycles. The molecule has 0 aliphatic carbocycles. The molecule has 0 spiro atoms. The van der Waals surface area contributed by atoms with Crippen molar-refractivity contribution >= 4 is 28.5 Å². The average molecular weight is 453 g/mol. The van der Waals surface area contributed by atoms with Crippen LogP contribution in [0, 0.1) is 0 Å². The number of carbonyl (C=O) groups excluding carboxylic acids is 1. The maximum absolute atomic E-state index is 12.3. The molecule has 0 radical (unpaired) electrons. The van der Waals surface area contributed by atoms with Crippen LogP contribution in [0.5, 0.6) is 5.75 Å². The van der Waals surface area contributed by atoms with Crippen LogP contribution in [-0.4, -0.2) is 17.7 Å². The minimum Gasteiger partial charge on any atom is -1.00 e. The van der Waals surface area contributed by atoms with E-state index in [1.165, 1.54) is 12.1 Å². The number of halogens is 3. The molecular weight excluding hydrogens is 440 g/mol. The third kappa shape index (κ3) is 4.89. The standard InChI is InChI=1S/C17H13ClO4.2ClH.Zn/c1-2-21-17(20)15-13-9-12(19)7-8-14(13)22-16(15)10-3-5-11(18)6-4-10;;;/h3-9,19H,2H2,1H3;2*1H;/q;;;+2/p-2. The maximum Gasteiger partial charge on any atom is 2.00 e. The number of hydrogen-bond acceptors (Lipinski definition) is 4. The fourth-order valence-corrected chi connectivity index (χ4v) is 2.42. The summed E-state index contributed by atoms with van der Waals surface area (Å²) in [6.07, 6.45) is 0. The summed E-state index contributed by atoms with van der Waals surface area (Å²) in [6, 6.07) is 11.6. The summed E-state index contributed by atoms with van der Waals surface area (Å²) in [5.74, 6) is -0.0333. The van der Waals surface area contributed by atoms with Gasteiger partial charge in [-0.05, 0) is 49.4 Å². The Morgan fingerprint density at radius 3 is 2.40 bits per heavy atom. The molecule has 0 bridgehead atoms. The van der Waals surface area contributed by atoms with Gasteiger partial charge >= 0.3 is 25.4 Å².